The minimum atomic E-state index is 0.406. The van der Waals surface area contributed by atoms with Gasteiger partial charge in [-0.2, -0.15) is 0 Å². The molecule has 0 radical (unpaired) electrons. The van der Waals surface area contributed by atoms with Crippen molar-refractivity contribution < 1.29 is 4.74 Å². The molecule has 0 saturated carbocycles. The quantitative estimate of drug-likeness (QED) is 0.621. The molecule has 1 rings (SSSR count). The van der Waals surface area contributed by atoms with Crippen LogP contribution in [0.25, 0.3) is 0 Å². The fourth-order valence-electron chi connectivity index (χ4n) is 0.834. The van der Waals surface area contributed by atoms with Crippen LogP contribution in [0, 0.1) is 0 Å². The second-order valence-electron chi connectivity index (χ2n) is 1.96. The molecule has 0 amide bonds. The Kier molecular flexibility index (Phi) is 3.40. The second-order valence-corrected chi connectivity index (χ2v) is 3.23. The maximum absolute atomic E-state index is 5.38. The van der Waals surface area contributed by atoms with Gasteiger partial charge in [0.15, 0.2) is 0 Å². The Morgan fingerprint density at radius 3 is 3.22 bits per heavy atom. The normalized spacial score (nSPS) is 28.3. The third kappa shape index (κ3) is 2.56. The van der Waals surface area contributed by atoms with E-state index in [1.807, 2.05) is 18.7 Å². The first-order chi connectivity index (χ1) is 4.43. The van der Waals surface area contributed by atoms with Gasteiger partial charge in [0.05, 0.1) is 0 Å². The van der Waals surface area contributed by atoms with Crippen LogP contribution in [0.2, 0.25) is 0 Å². The Morgan fingerprint density at radius 1 is 1.78 bits per heavy atom. The van der Waals surface area contributed by atoms with Crippen molar-refractivity contribution in [3.8, 4) is 0 Å². The fraction of sp³-hybridized carbons (Fsp3) is 1.00. The van der Waals surface area contributed by atoms with E-state index >= 15 is 0 Å². The molecule has 0 spiro atoms. The van der Waals surface area contributed by atoms with Crippen molar-refractivity contribution in [2.24, 2.45) is 0 Å². The molecule has 0 aromatic heterocycles. The minimum absolute atomic E-state index is 0.406. The van der Waals surface area contributed by atoms with Crippen molar-refractivity contribution in [3.05, 3.63) is 0 Å². The number of hydrogen-bond acceptors (Lipinski definition) is 3. The zero-order valence-corrected chi connectivity index (χ0v) is 6.54. The Morgan fingerprint density at radius 2 is 2.67 bits per heavy atom. The molecule has 1 fully saturated rings. The van der Waals surface area contributed by atoms with Crippen molar-refractivity contribution in [3.63, 3.8) is 0 Å². The van der Waals surface area contributed by atoms with Crippen LogP contribution in [0.4, 0.5) is 0 Å². The van der Waals surface area contributed by atoms with Crippen LogP contribution in [-0.4, -0.2) is 30.9 Å². The molecule has 1 aliphatic rings. The molecule has 1 N–H and O–H groups in total. The molecule has 0 aromatic rings. The smallest absolute Gasteiger partial charge is 0.115 e. The SMILES string of the molecule is CCOC1CNCCS1. The first-order valence-corrected chi connectivity index (χ1v) is 4.42. The summed E-state index contributed by atoms with van der Waals surface area (Å²) in [6.45, 7) is 5.02. The lowest BCUT2D eigenvalue weighted by molar-refractivity contribution is 0.122. The Bertz CT molecular complexity index is 70.7. The third-order valence-electron chi connectivity index (χ3n) is 1.25. The Hall–Kier alpha value is 0.270. The number of hydrogen-bond donors (Lipinski definition) is 1. The molecule has 1 aliphatic heterocycles. The summed E-state index contributed by atoms with van der Waals surface area (Å²) >= 11 is 1.90. The molecule has 1 atom stereocenters. The Labute approximate surface area is 60.3 Å². The van der Waals surface area contributed by atoms with Crippen molar-refractivity contribution >= 4 is 11.8 Å². The topological polar surface area (TPSA) is 21.3 Å². The van der Waals surface area contributed by atoms with Gasteiger partial charge in [0.25, 0.3) is 0 Å². The molecule has 2 nitrogen and oxygen atoms in total. The highest BCUT2D eigenvalue weighted by molar-refractivity contribution is 7.99. The predicted octanol–water partition coefficient (Wildman–Crippen LogP) is 0.685. The zero-order valence-electron chi connectivity index (χ0n) is 5.72. The minimum Gasteiger partial charge on any atom is -0.367 e. The van der Waals surface area contributed by atoms with Crippen LogP contribution < -0.4 is 5.32 Å². The van der Waals surface area contributed by atoms with Crippen LogP contribution in [0.3, 0.4) is 0 Å². The third-order valence-corrected chi connectivity index (χ3v) is 2.36. The lowest BCUT2D eigenvalue weighted by Gasteiger charge is -2.21. The van der Waals surface area contributed by atoms with Crippen LogP contribution >= 0.6 is 11.8 Å². The molecule has 1 saturated heterocycles. The fourth-order valence-corrected chi connectivity index (χ4v) is 1.83. The van der Waals surface area contributed by atoms with Gasteiger partial charge in [-0.3, -0.25) is 0 Å². The molecular formula is C6H13NOS. The van der Waals surface area contributed by atoms with Crippen molar-refractivity contribution in [2.45, 2.75) is 12.4 Å². The summed E-state index contributed by atoms with van der Waals surface area (Å²) in [5.74, 6) is 1.19. The number of nitrogens with one attached hydrogen (secondary N) is 1. The second kappa shape index (κ2) is 4.14. The lowest BCUT2D eigenvalue weighted by Crippen LogP contribution is -2.34. The summed E-state index contributed by atoms with van der Waals surface area (Å²) in [5.41, 5.74) is 0.406. The van der Waals surface area contributed by atoms with E-state index in [2.05, 4.69) is 5.32 Å². The number of ether oxygens (including phenoxy) is 1. The van der Waals surface area contributed by atoms with Crippen LogP contribution in [-0.2, 0) is 4.74 Å². The van der Waals surface area contributed by atoms with E-state index in [9.17, 15) is 0 Å². The highest BCUT2D eigenvalue weighted by atomic mass is 32.2. The summed E-state index contributed by atoms with van der Waals surface area (Å²) < 4.78 is 5.38. The average Bonchev–Trinajstić information content (AvgIpc) is 1.91. The van der Waals surface area contributed by atoms with Crippen LogP contribution in [0.5, 0.6) is 0 Å². The maximum atomic E-state index is 5.38. The van der Waals surface area contributed by atoms with Crippen LogP contribution in [0.1, 0.15) is 6.92 Å². The van der Waals surface area contributed by atoms with E-state index in [4.69, 9.17) is 4.74 Å². The predicted molar refractivity (Wildman–Crippen MR) is 40.7 cm³/mol. The monoisotopic (exact) mass is 147 g/mol. The molecule has 1 unspecified atom stereocenters. The van der Waals surface area contributed by atoms with Gasteiger partial charge in [0.1, 0.15) is 5.44 Å². The number of thioether (sulfide) groups is 1. The van der Waals surface area contributed by atoms with Crippen molar-refractivity contribution in [2.75, 3.05) is 25.4 Å². The van der Waals surface area contributed by atoms with Gasteiger partial charge in [-0.25, -0.2) is 0 Å². The summed E-state index contributed by atoms with van der Waals surface area (Å²) in [5, 5.41) is 3.27. The van der Waals surface area contributed by atoms with E-state index in [0.717, 1.165) is 19.7 Å². The molecule has 0 aliphatic carbocycles. The first kappa shape index (κ1) is 7.38. The van der Waals surface area contributed by atoms with E-state index in [-0.39, 0.29) is 0 Å². The highest BCUT2D eigenvalue weighted by Gasteiger charge is 2.11. The van der Waals surface area contributed by atoms with Gasteiger partial charge in [-0.15, -0.1) is 11.8 Å². The lowest BCUT2D eigenvalue weighted by atomic mass is 10.6. The summed E-state index contributed by atoms with van der Waals surface area (Å²) in [4.78, 5) is 0. The maximum Gasteiger partial charge on any atom is 0.115 e. The van der Waals surface area contributed by atoms with Gasteiger partial charge >= 0.3 is 0 Å². The zero-order chi connectivity index (χ0) is 6.53. The highest BCUT2D eigenvalue weighted by Crippen LogP contribution is 2.13. The average molecular weight is 147 g/mol. The van der Waals surface area contributed by atoms with Gasteiger partial charge in [-0.05, 0) is 6.92 Å². The van der Waals surface area contributed by atoms with E-state index < -0.39 is 0 Å². The summed E-state index contributed by atoms with van der Waals surface area (Å²) in [7, 11) is 0. The number of rotatable bonds is 2. The van der Waals surface area contributed by atoms with Gasteiger partial charge < -0.3 is 10.1 Å². The van der Waals surface area contributed by atoms with E-state index in [1.54, 1.807) is 0 Å². The molecule has 9 heavy (non-hydrogen) atoms. The standard InChI is InChI=1S/C6H13NOS/c1-2-8-6-5-7-3-4-9-6/h6-7H,2-5H2,1H3. The van der Waals surface area contributed by atoms with Crippen molar-refractivity contribution in [1.29, 1.82) is 0 Å². The van der Waals surface area contributed by atoms with Crippen molar-refractivity contribution in [1.82, 2.24) is 5.32 Å². The molecule has 0 bridgehead atoms. The van der Waals surface area contributed by atoms with Crippen LogP contribution in [0.15, 0.2) is 0 Å². The first-order valence-electron chi connectivity index (χ1n) is 3.37. The molecule has 54 valence electrons. The largest absolute Gasteiger partial charge is 0.367 e. The van der Waals surface area contributed by atoms with E-state index in [0.29, 0.717) is 5.44 Å². The summed E-state index contributed by atoms with van der Waals surface area (Å²) in [6, 6.07) is 0. The summed E-state index contributed by atoms with van der Waals surface area (Å²) in [6.07, 6.45) is 0. The van der Waals surface area contributed by atoms with E-state index in [1.165, 1.54) is 5.75 Å². The van der Waals surface area contributed by atoms with Gasteiger partial charge in [0.2, 0.25) is 0 Å². The molecule has 0 aromatic carbocycles. The molecule has 3 heteroatoms. The van der Waals surface area contributed by atoms with Gasteiger partial charge in [0, 0.05) is 25.4 Å². The molecule has 1 heterocycles. The Balaban J connectivity index is 2.08. The van der Waals surface area contributed by atoms with Gasteiger partial charge in [-0.1, -0.05) is 0 Å². The molecular weight excluding hydrogens is 134 g/mol.